The van der Waals surface area contributed by atoms with Crippen molar-refractivity contribution in [1.29, 1.82) is 0 Å². The first-order valence-corrected chi connectivity index (χ1v) is 26.0. The van der Waals surface area contributed by atoms with Crippen LogP contribution in [0.25, 0.3) is 0 Å². The molecule has 354 valence electrons. The van der Waals surface area contributed by atoms with Crippen molar-refractivity contribution in [2.45, 2.75) is 103 Å². The summed E-state index contributed by atoms with van der Waals surface area (Å²) in [6.45, 7) is 10.7. The van der Waals surface area contributed by atoms with Crippen LogP contribution in [-0.4, -0.2) is 49.5 Å². The first-order chi connectivity index (χ1) is 33.0. The molecule has 0 aromatic heterocycles. The number of hydrogen-bond donors (Lipinski definition) is 4. The second-order valence-electron chi connectivity index (χ2n) is 18.8. The highest BCUT2D eigenvalue weighted by atomic mass is 32.1. The summed E-state index contributed by atoms with van der Waals surface area (Å²) in [6, 6.07) is 53.4. The average Bonchev–Trinajstić information content (AvgIpc) is 3.37. The van der Waals surface area contributed by atoms with Gasteiger partial charge in [0.2, 0.25) is 0 Å². The van der Waals surface area contributed by atoms with E-state index in [9.17, 15) is 0 Å². The molecule has 4 atom stereocenters. The van der Waals surface area contributed by atoms with Gasteiger partial charge in [-0.3, -0.25) is 0 Å². The molecule has 8 heteroatoms. The molecule has 0 saturated carbocycles. The van der Waals surface area contributed by atoms with E-state index in [1.807, 2.05) is 0 Å². The summed E-state index contributed by atoms with van der Waals surface area (Å²) in [6.07, 6.45) is 10.6. The fourth-order valence-corrected chi connectivity index (χ4v) is 11.6. The zero-order chi connectivity index (χ0) is 46.0. The highest BCUT2D eigenvalue weighted by Crippen LogP contribution is 2.51. The van der Waals surface area contributed by atoms with E-state index in [0.29, 0.717) is 28.8 Å². The van der Waals surface area contributed by atoms with E-state index in [2.05, 4.69) is 191 Å². The number of nitrogens with one attached hydrogen (secondary N) is 4. The van der Waals surface area contributed by atoms with E-state index in [1.165, 1.54) is 75.1 Å². The molecule has 6 nitrogen and oxygen atoms in total. The summed E-state index contributed by atoms with van der Waals surface area (Å²) in [7, 11) is 0. The predicted octanol–water partition coefficient (Wildman–Crippen LogP) is 14.3. The molecule has 0 spiro atoms. The van der Waals surface area contributed by atoms with Crippen molar-refractivity contribution in [3.8, 4) is 0 Å². The SMILES string of the molecule is C.CCCCCCNC(=S)Nc1cc2c3c(c1)C(c1ccccc1)CCN3CCC2c1ccccc1.CCCNC(=S)Nc1cc2c3c(c1)C(c1ccccc1)CCN3CCC2c1ccccc1. The number of rotatable bonds is 13. The minimum absolute atomic E-state index is 0. The molecule has 4 unspecified atom stereocenters. The van der Waals surface area contributed by atoms with E-state index >= 15 is 0 Å². The lowest BCUT2D eigenvalue weighted by molar-refractivity contribution is 0.571. The summed E-state index contributed by atoms with van der Waals surface area (Å²) in [5, 5.41) is 15.2. The number of unbranched alkanes of at least 4 members (excludes halogenated alkanes) is 3. The van der Waals surface area contributed by atoms with Gasteiger partial charge in [-0.05, 0) is 132 Å². The summed E-state index contributed by atoms with van der Waals surface area (Å²) in [5.74, 6) is 1.64. The Balaban J connectivity index is 0.000000182. The van der Waals surface area contributed by atoms with E-state index in [-0.39, 0.29) is 7.43 Å². The molecule has 4 N–H and O–H groups in total. The quantitative estimate of drug-likeness (QED) is 0.0675. The Hall–Kier alpha value is -5.70. The van der Waals surface area contributed by atoms with Crippen LogP contribution in [0.3, 0.4) is 0 Å². The van der Waals surface area contributed by atoms with Gasteiger partial charge >= 0.3 is 0 Å². The molecule has 4 aliphatic rings. The smallest absolute Gasteiger partial charge is 0.170 e. The van der Waals surface area contributed by atoms with E-state index < -0.39 is 0 Å². The van der Waals surface area contributed by atoms with Crippen LogP contribution >= 0.6 is 24.4 Å². The molecule has 6 aromatic rings. The zero-order valence-electron chi connectivity index (χ0n) is 39.5. The number of hydrogen-bond acceptors (Lipinski definition) is 4. The van der Waals surface area contributed by atoms with Gasteiger partial charge in [-0.2, -0.15) is 0 Å². The lowest BCUT2D eigenvalue weighted by atomic mass is 9.76. The van der Waals surface area contributed by atoms with Crippen molar-refractivity contribution >= 4 is 57.4 Å². The van der Waals surface area contributed by atoms with Crippen LogP contribution in [0.2, 0.25) is 0 Å². The van der Waals surface area contributed by atoms with Gasteiger partial charge < -0.3 is 31.1 Å². The summed E-state index contributed by atoms with van der Waals surface area (Å²) in [5.41, 5.74) is 16.5. The molecule has 6 aromatic carbocycles. The van der Waals surface area contributed by atoms with Gasteiger partial charge in [-0.1, -0.05) is 162 Å². The predicted molar refractivity (Wildman–Crippen MR) is 299 cm³/mol. The van der Waals surface area contributed by atoms with Gasteiger partial charge in [0.15, 0.2) is 10.2 Å². The molecule has 0 radical (unpaired) electrons. The lowest BCUT2D eigenvalue weighted by Gasteiger charge is -2.43. The highest BCUT2D eigenvalue weighted by Gasteiger charge is 2.37. The Morgan fingerprint density at radius 3 is 1.07 bits per heavy atom. The number of anilines is 4. The van der Waals surface area contributed by atoms with Crippen LogP contribution in [-0.2, 0) is 0 Å². The highest BCUT2D eigenvalue weighted by molar-refractivity contribution is 7.80. The standard InChI is InChI=1S/C31H37N3S.C28H31N3S.CH4/c1-2-3-4-11-18-32-31(35)33-25-21-28-26(23-12-7-5-8-13-23)16-19-34-20-17-27(29(22-25)30(28)34)24-14-9-6-10-15-24;1-2-15-29-28(32)30-22-18-25-23(20-9-5-3-6-10-20)13-16-31-17-14-24(26(19-22)27(25)31)21-11-7-4-8-12-21;/h5-10,12-15,21-22,26-27H,2-4,11,16-20H2,1H3,(H2,32,33,35);3-12,18-19,23-24H,2,13-17H2,1H3,(H2,29,30,32);1H4. The summed E-state index contributed by atoms with van der Waals surface area (Å²) < 4.78 is 0. The van der Waals surface area contributed by atoms with Crippen LogP contribution in [0, 0.1) is 0 Å². The maximum absolute atomic E-state index is 5.70. The van der Waals surface area contributed by atoms with E-state index in [4.69, 9.17) is 24.4 Å². The van der Waals surface area contributed by atoms with Crippen LogP contribution in [0.4, 0.5) is 22.7 Å². The largest absolute Gasteiger partial charge is 0.371 e. The monoisotopic (exact) mass is 941 g/mol. The van der Waals surface area contributed by atoms with Crippen molar-refractivity contribution in [3.63, 3.8) is 0 Å². The molecular weight excluding hydrogens is 869 g/mol. The molecule has 68 heavy (non-hydrogen) atoms. The van der Waals surface area contributed by atoms with Crippen molar-refractivity contribution in [3.05, 3.63) is 190 Å². The van der Waals surface area contributed by atoms with Gasteiger partial charge in [0, 0.05) is 85.7 Å². The number of nitrogens with zero attached hydrogens (tertiary/aromatic N) is 2. The van der Waals surface area contributed by atoms with Crippen molar-refractivity contribution in [2.75, 3.05) is 59.7 Å². The second-order valence-corrected chi connectivity index (χ2v) is 19.6. The minimum atomic E-state index is 0. The van der Waals surface area contributed by atoms with Crippen molar-refractivity contribution in [1.82, 2.24) is 10.6 Å². The number of thiocarbonyl (C=S) groups is 2. The third-order valence-corrected chi connectivity index (χ3v) is 14.9. The molecule has 0 fully saturated rings. The molecule has 10 rings (SSSR count). The Kier molecular flexibility index (Phi) is 16.9. The van der Waals surface area contributed by atoms with E-state index in [0.717, 1.165) is 94.3 Å². The Morgan fingerprint density at radius 1 is 0.441 bits per heavy atom. The Bertz CT molecular complexity index is 2420. The lowest BCUT2D eigenvalue weighted by Crippen LogP contribution is -2.38. The van der Waals surface area contributed by atoms with Gasteiger partial charge in [0.05, 0.1) is 0 Å². The average molecular weight is 941 g/mol. The fourth-order valence-electron chi connectivity index (χ4n) is 11.2. The Labute approximate surface area is 418 Å². The van der Waals surface area contributed by atoms with Crippen LogP contribution < -0.4 is 31.1 Å². The fraction of sp³-hybridized carbons (Fsp3) is 0.367. The van der Waals surface area contributed by atoms with Gasteiger partial charge in [-0.25, -0.2) is 0 Å². The molecule has 0 saturated heterocycles. The third kappa shape index (κ3) is 11.2. The molecule has 4 heterocycles. The summed E-state index contributed by atoms with van der Waals surface area (Å²) >= 11 is 11.3. The van der Waals surface area contributed by atoms with Crippen molar-refractivity contribution in [2.24, 2.45) is 0 Å². The van der Waals surface area contributed by atoms with Gasteiger partial charge in [0.25, 0.3) is 0 Å². The summed E-state index contributed by atoms with van der Waals surface area (Å²) in [4.78, 5) is 5.23. The van der Waals surface area contributed by atoms with Crippen LogP contribution in [0.5, 0.6) is 0 Å². The molecule has 0 amide bonds. The molecule has 0 aliphatic carbocycles. The van der Waals surface area contributed by atoms with Gasteiger partial charge in [-0.15, -0.1) is 0 Å². The van der Waals surface area contributed by atoms with Crippen LogP contribution in [0.1, 0.15) is 147 Å². The van der Waals surface area contributed by atoms with Crippen LogP contribution in [0.15, 0.2) is 146 Å². The third-order valence-electron chi connectivity index (χ3n) is 14.4. The molecule has 0 bridgehead atoms. The zero-order valence-corrected chi connectivity index (χ0v) is 41.1. The number of benzene rings is 6. The maximum atomic E-state index is 5.70. The topological polar surface area (TPSA) is 54.6 Å². The minimum Gasteiger partial charge on any atom is -0.371 e. The molecular formula is C60H72N6S2. The first-order valence-electron chi connectivity index (χ1n) is 25.1. The van der Waals surface area contributed by atoms with Crippen molar-refractivity contribution < 1.29 is 0 Å². The second kappa shape index (κ2) is 23.5. The maximum Gasteiger partial charge on any atom is 0.170 e. The Morgan fingerprint density at radius 2 is 0.765 bits per heavy atom. The normalized spacial score (nSPS) is 18.6. The first kappa shape index (κ1) is 48.7. The molecule has 4 aliphatic heterocycles. The van der Waals surface area contributed by atoms with E-state index in [1.54, 1.807) is 0 Å². The van der Waals surface area contributed by atoms with Gasteiger partial charge in [0.1, 0.15) is 0 Å².